The minimum absolute atomic E-state index is 0.151. The summed E-state index contributed by atoms with van der Waals surface area (Å²) >= 11 is 0. The summed E-state index contributed by atoms with van der Waals surface area (Å²) in [5.41, 5.74) is 5.09. The van der Waals surface area contributed by atoms with E-state index in [2.05, 4.69) is 37.4 Å². The summed E-state index contributed by atoms with van der Waals surface area (Å²) in [5.74, 6) is 0.320. The summed E-state index contributed by atoms with van der Waals surface area (Å²) in [6, 6.07) is 13.6. The van der Waals surface area contributed by atoms with Gasteiger partial charge in [-0.3, -0.25) is 0 Å². The fraction of sp³-hybridized carbons (Fsp3) is 0.368. The topological polar surface area (TPSA) is 12.0 Å². The number of nitrogens with one attached hydrogen (secondary N) is 1. The summed E-state index contributed by atoms with van der Waals surface area (Å²) in [4.78, 5) is 0. The van der Waals surface area contributed by atoms with Gasteiger partial charge in [-0.25, -0.2) is 4.39 Å². The second kappa shape index (κ2) is 7.37. The van der Waals surface area contributed by atoms with E-state index in [1.165, 1.54) is 22.8 Å². The fourth-order valence-corrected chi connectivity index (χ4v) is 2.77. The van der Waals surface area contributed by atoms with Crippen LogP contribution in [0, 0.1) is 25.6 Å². The molecule has 0 aliphatic rings. The SMILES string of the molecule is CNCC(Cc1cccc(F)c1)Cc1ccc(C)c(C)c1. The first-order chi connectivity index (χ1) is 10.1. The molecule has 0 aromatic heterocycles. The van der Waals surface area contributed by atoms with Crippen molar-refractivity contribution >= 4 is 0 Å². The van der Waals surface area contributed by atoms with Gasteiger partial charge in [0.1, 0.15) is 5.82 Å². The van der Waals surface area contributed by atoms with Gasteiger partial charge in [0.05, 0.1) is 0 Å². The van der Waals surface area contributed by atoms with Crippen molar-refractivity contribution in [3.05, 3.63) is 70.5 Å². The van der Waals surface area contributed by atoms with Crippen molar-refractivity contribution in [3.8, 4) is 0 Å². The van der Waals surface area contributed by atoms with E-state index in [4.69, 9.17) is 0 Å². The van der Waals surface area contributed by atoms with E-state index < -0.39 is 0 Å². The molecule has 0 aliphatic carbocycles. The van der Waals surface area contributed by atoms with Gasteiger partial charge in [0.25, 0.3) is 0 Å². The lowest BCUT2D eigenvalue weighted by molar-refractivity contribution is 0.491. The van der Waals surface area contributed by atoms with Gasteiger partial charge in [-0.15, -0.1) is 0 Å². The zero-order chi connectivity index (χ0) is 15.2. The highest BCUT2D eigenvalue weighted by atomic mass is 19.1. The Bertz CT molecular complexity index is 592. The minimum Gasteiger partial charge on any atom is -0.319 e. The first-order valence-corrected chi connectivity index (χ1v) is 7.53. The van der Waals surface area contributed by atoms with E-state index in [0.29, 0.717) is 5.92 Å². The maximum Gasteiger partial charge on any atom is 0.123 e. The average molecular weight is 285 g/mol. The molecular formula is C19H24FN. The van der Waals surface area contributed by atoms with E-state index in [1.807, 2.05) is 13.1 Å². The molecule has 1 atom stereocenters. The van der Waals surface area contributed by atoms with Crippen LogP contribution < -0.4 is 5.32 Å². The highest BCUT2D eigenvalue weighted by Gasteiger charge is 2.11. The quantitative estimate of drug-likeness (QED) is 0.844. The van der Waals surface area contributed by atoms with Crippen molar-refractivity contribution in [3.63, 3.8) is 0 Å². The standard InChI is InChI=1S/C19H24FN/c1-14-7-8-17(9-15(14)2)11-18(13-21-3)10-16-5-4-6-19(20)12-16/h4-9,12,18,21H,10-11,13H2,1-3H3. The highest BCUT2D eigenvalue weighted by molar-refractivity contribution is 5.30. The molecule has 112 valence electrons. The Morgan fingerprint density at radius 2 is 1.67 bits per heavy atom. The molecular weight excluding hydrogens is 261 g/mol. The van der Waals surface area contributed by atoms with Gasteiger partial charge in [0.2, 0.25) is 0 Å². The predicted octanol–water partition coefficient (Wildman–Crippen LogP) is 4.06. The van der Waals surface area contributed by atoms with Crippen molar-refractivity contribution < 1.29 is 4.39 Å². The van der Waals surface area contributed by atoms with Crippen LogP contribution in [0.2, 0.25) is 0 Å². The maximum absolute atomic E-state index is 13.3. The fourth-order valence-electron chi connectivity index (χ4n) is 2.77. The monoisotopic (exact) mass is 285 g/mol. The second-order valence-electron chi connectivity index (χ2n) is 5.88. The Balaban J connectivity index is 2.09. The Morgan fingerprint density at radius 1 is 0.952 bits per heavy atom. The number of halogens is 1. The van der Waals surface area contributed by atoms with Crippen molar-refractivity contribution in [1.82, 2.24) is 5.32 Å². The van der Waals surface area contributed by atoms with Crippen LogP contribution in [0.4, 0.5) is 4.39 Å². The summed E-state index contributed by atoms with van der Waals surface area (Å²) in [6.45, 7) is 5.22. The summed E-state index contributed by atoms with van der Waals surface area (Å²) in [5, 5.41) is 3.26. The normalized spacial score (nSPS) is 12.4. The lowest BCUT2D eigenvalue weighted by Crippen LogP contribution is -2.23. The molecule has 21 heavy (non-hydrogen) atoms. The highest BCUT2D eigenvalue weighted by Crippen LogP contribution is 2.17. The van der Waals surface area contributed by atoms with E-state index in [0.717, 1.165) is 24.9 Å². The van der Waals surface area contributed by atoms with Gasteiger partial charge in [-0.2, -0.15) is 0 Å². The first-order valence-electron chi connectivity index (χ1n) is 7.53. The van der Waals surface area contributed by atoms with Gasteiger partial charge in [0, 0.05) is 0 Å². The van der Waals surface area contributed by atoms with E-state index in [9.17, 15) is 4.39 Å². The van der Waals surface area contributed by atoms with Crippen LogP contribution in [-0.4, -0.2) is 13.6 Å². The zero-order valence-electron chi connectivity index (χ0n) is 13.1. The molecule has 2 aromatic carbocycles. The summed E-state index contributed by atoms with van der Waals surface area (Å²) in [7, 11) is 1.97. The van der Waals surface area contributed by atoms with Crippen LogP contribution in [0.25, 0.3) is 0 Å². The van der Waals surface area contributed by atoms with Crippen molar-refractivity contribution in [2.45, 2.75) is 26.7 Å². The largest absolute Gasteiger partial charge is 0.319 e. The predicted molar refractivity (Wildman–Crippen MR) is 87.1 cm³/mol. The van der Waals surface area contributed by atoms with E-state index in [-0.39, 0.29) is 5.82 Å². The Labute approximate surface area is 127 Å². The van der Waals surface area contributed by atoms with Crippen LogP contribution >= 0.6 is 0 Å². The van der Waals surface area contributed by atoms with Crippen LogP contribution in [0.5, 0.6) is 0 Å². The number of hydrogen-bond donors (Lipinski definition) is 1. The van der Waals surface area contributed by atoms with E-state index >= 15 is 0 Å². The Morgan fingerprint density at radius 3 is 2.29 bits per heavy atom. The van der Waals surface area contributed by atoms with Gasteiger partial charge in [-0.1, -0.05) is 30.3 Å². The molecule has 0 aliphatic heterocycles. The van der Waals surface area contributed by atoms with Gasteiger partial charge in [0.15, 0.2) is 0 Å². The van der Waals surface area contributed by atoms with Crippen LogP contribution in [0.15, 0.2) is 42.5 Å². The van der Waals surface area contributed by atoms with E-state index in [1.54, 1.807) is 12.1 Å². The van der Waals surface area contributed by atoms with Crippen LogP contribution in [0.1, 0.15) is 22.3 Å². The van der Waals surface area contributed by atoms with Crippen molar-refractivity contribution in [2.24, 2.45) is 5.92 Å². The molecule has 0 saturated carbocycles. The number of aryl methyl sites for hydroxylation is 2. The third kappa shape index (κ3) is 4.68. The summed E-state index contributed by atoms with van der Waals surface area (Å²) in [6.07, 6.45) is 1.91. The molecule has 2 aromatic rings. The zero-order valence-corrected chi connectivity index (χ0v) is 13.1. The molecule has 0 spiro atoms. The molecule has 1 N–H and O–H groups in total. The molecule has 0 heterocycles. The first kappa shape index (κ1) is 15.7. The molecule has 1 unspecified atom stereocenters. The Kier molecular flexibility index (Phi) is 5.51. The molecule has 0 fully saturated rings. The average Bonchev–Trinajstić information content (AvgIpc) is 2.43. The second-order valence-corrected chi connectivity index (χ2v) is 5.88. The molecule has 0 bridgehead atoms. The molecule has 0 saturated heterocycles. The van der Waals surface area contributed by atoms with Crippen LogP contribution in [0.3, 0.4) is 0 Å². The molecule has 0 radical (unpaired) electrons. The molecule has 2 rings (SSSR count). The lowest BCUT2D eigenvalue weighted by Gasteiger charge is -2.17. The molecule has 1 nitrogen and oxygen atoms in total. The minimum atomic E-state index is -0.151. The smallest absolute Gasteiger partial charge is 0.123 e. The molecule has 0 amide bonds. The summed E-state index contributed by atoms with van der Waals surface area (Å²) < 4.78 is 13.3. The van der Waals surface area contributed by atoms with Crippen molar-refractivity contribution in [2.75, 3.05) is 13.6 Å². The lowest BCUT2D eigenvalue weighted by atomic mass is 9.91. The third-order valence-electron chi connectivity index (χ3n) is 4.00. The Hall–Kier alpha value is -1.67. The third-order valence-corrected chi connectivity index (χ3v) is 4.00. The molecule has 2 heteroatoms. The number of hydrogen-bond acceptors (Lipinski definition) is 1. The number of benzene rings is 2. The van der Waals surface area contributed by atoms with Gasteiger partial charge >= 0.3 is 0 Å². The maximum atomic E-state index is 13.3. The van der Waals surface area contributed by atoms with Crippen molar-refractivity contribution in [1.29, 1.82) is 0 Å². The van der Waals surface area contributed by atoms with Crippen LogP contribution in [-0.2, 0) is 12.8 Å². The van der Waals surface area contributed by atoms with Gasteiger partial charge in [-0.05, 0) is 80.6 Å². The number of rotatable bonds is 6. The van der Waals surface area contributed by atoms with Gasteiger partial charge < -0.3 is 5.32 Å².